The molecule has 6 nitrogen and oxygen atoms in total. The Labute approximate surface area is 147 Å². The summed E-state index contributed by atoms with van der Waals surface area (Å²) in [4.78, 5) is 24.7. The van der Waals surface area contributed by atoms with Gasteiger partial charge in [-0.1, -0.05) is 18.2 Å². The van der Waals surface area contributed by atoms with Crippen LogP contribution < -0.4 is 10.2 Å². The van der Waals surface area contributed by atoms with Crippen molar-refractivity contribution in [3.8, 4) is 0 Å². The normalized spacial score (nSPS) is 10.3. The van der Waals surface area contributed by atoms with Crippen molar-refractivity contribution < 1.29 is 19.4 Å². The van der Waals surface area contributed by atoms with E-state index in [1.54, 1.807) is 12.1 Å². The Hall–Kier alpha value is -2.86. The van der Waals surface area contributed by atoms with Crippen molar-refractivity contribution in [2.45, 2.75) is 13.5 Å². The molecule has 0 aliphatic heterocycles. The van der Waals surface area contributed by atoms with Crippen LogP contribution in [0.25, 0.3) is 0 Å². The summed E-state index contributed by atoms with van der Waals surface area (Å²) in [5.41, 5.74) is 2.97. The van der Waals surface area contributed by atoms with Gasteiger partial charge in [0.25, 0.3) is 0 Å². The number of carboxylic acid groups (broad SMARTS) is 1. The van der Waals surface area contributed by atoms with Crippen LogP contribution >= 0.6 is 0 Å². The minimum absolute atomic E-state index is 0.0116. The molecule has 132 valence electrons. The van der Waals surface area contributed by atoms with Gasteiger partial charge in [-0.3, -0.25) is 4.79 Å². The van der Waals surface area contributed by atoms with Crippen LogP contribution in [-0.2, 0) is 16.1 Å². The molecule has 0 heterocycles. The number of methoxy groups -OCH3 is 1. The van der Waals surface area contributed by atoms with Crippen LogP contribution in [0.2, 0.25) is 0 Å². The molecule has 6 heteroatoms. The highest BCUT2D eigenvalue weighted by molar-refractivity contribution is 5.92. The molecule has 0 saturated carbocycles. The van der Waals surface area contributed by atoms with Crippen LogP contribution in [0.4, 0.5) is 11.4 Å². The van der Waals surface area contributed by atoms with Crippen molar-refractivity contribution in [2.75, 3.05) is 30.5 Å². The molecular weight excluding hydrogens is 320 g/mol. The maximum absolute atomic E-state index is 11.6. The number of carbonyl (C=O) groups is 2. The van der Waals surface area contributed by atoms with Crippen LogP contribution in [0.1, 0.15) is 22.8 Å². The van der Waals surface area contributed by atoms with Gasteiger partial charge in [0.2, 0.25) is 5.91 Å². The first-order valence-electron chi connectivity index (χ1n) is 7.99. The zero-order valence-corrected chi connectivity index (χ0v) is 14.4. The Kier molecular flexibility index (Phi) is 6.54. The lowest BCUT2D eigenvalue weighted by Gasteiger charge is -2.24. The van der Waals surface area contributed by atoms with Gasteiger partial charge in [0.1, 0.15) is 6.61 Å². The predicted molar refractivity (Wildman–Crippen MR) is 97.1 cm³/mol. The summed E-state index contributed by atoms with van der Waals surface area (Å²) >= 11 is 0. The van der Waals surface area contributed by atoms with E-state index < -0.39 is 5.97 Å². The van der Waals surface area contributed by atoms with E-state index in [1.807, 2.05) is 43.3 Å². The molecule has 0 unspecified atom stereocenters. The van der Waals surface area contributed by atoms with Crippen LogP contribution in [0.3, 0.4) is 0 Å². The highest BCUT2D eigenvalue weighted by atomic mass is 16.5. The standard InChI is InChI=1S/C19H22N2O4/c1-3-21(12-14-7-9-15(10-8-14)19(23)24)17-6-4-5-16(11-17)20-18(22)13-25-2/h4-11H,3,12-13H2,1-2H3,(H,20,22)(H,23,24). The van der Waals surface area contributed by atoms with E-state index in [2.05, 4.69) is 10.2 Å². The molecule has 2 aromatic carbocycles. The van der Waals surface area contributed by atoms with E-state index in [9.17, 15) is 9.59 Å². The largest absolute Gasteiger partial charge is 0.478 e. The number of benzene rings is 2. The lowest BCUT2D eigenvalue weighted by Crippen LogP contribution is -2.22. The van der Waals surface area contributed by atoms with Crippen molar-refractivity contribution in [1.82, 2.24) is 0 Å². The summed E-state index contributed by atoms with van der Waals surface area (Å²) in [7, 11) is 1.48. The molecule has 25 heavy (non-hydrogen) atoms. The quantitative estimate of drug-likeness (QED) is 0.771. The van der Waals surface area contributed by atoms with Crippen molar-refractivity contribution in [1.29, 1.82) is 0 Å². The number of amides is 1. The number of rotatable bonds is 8. The van der Waals surface area contributed by atoms with Gasteiger partial charge in [0.15, 0.2) is 0 Å². The number of carbonyl (C=O) groups excluding carboxylic acids is 1. The SMILES string of the molecule is CCN(Cc1ccc(C(=O)O)cc1)c1cccc(NC(=O)COC)c1. The maximum atomic E-state index is 11.6. The Morgan fingerprint density at radius 3 is 2.48 bits per heavy atom. The minimum atomic E-state index is -0.932. The lowest BCUT2D eigenvalue weighted by molar-refractivity contribution is -0.119. The Morgan fingerprint density at radius 1 is 1.16 bits per heavy atom. The van der Waals surface area contributed by atoms with E-state index >= 15 is 0 Å². The monoisotopic (exact) mass is 342 g/mol. The molecule has 0 aliphatic carbocycles. The predicted octanol–water partition coefficient (Wildman–Crippen LogP) is 3.00. The van der Waals surface area contributed by atoms with Crippen molar-refractivity contribution in [3.05, 3.63) is 59.7 Å². The summed E-state index contributed by atoms with van der Waals surface area (Å²) in [5, 5.41) is 11.8. The average molecular weight is 342 g/mol. The summed E-state index contributed by atoms with van der Waals surface area (Å²) in [5.74, 6) is -1.13. The van der Waals surface area contributed by atoms with Gasteiger partial charge in [0.05, 0.1) is 5.56 Å². The van der Waals surface area contributed by atoms with E-state index in [4.69, 9.17) is 9.84 Å². The molecular formula is C19H22N2O4. The van der Waals surface area contributed by atoms with Gasteiger partial charge in [0, 0.05) is 31.6 Å². The topological polar surface area (TPSA) is 78.9 Å². The molecule has 0 aliphatic rings. The highest BCUT2D eigenvalue weighted by Gasteiger charge is 2.09. The number of ether oxygens (including phenoxy) is 1. The van der Waals surface area contributed by atoms with Crippen LogP contribution in [0.15, 0.2) is 48.5 Å². The summed E-state index contributed by atoms with van der Waals surface area (Å²) in [6, 6.07) is 14.4. The van der Waals surface area contributed by atoms with E-state index in [1.165, 1.54) is 7.11 Å². The van der Waals surface area contributed by atoms with Crippen molar-refractivity contribution in [3.63, 3.8) is 0 Å². The Balaban J connectivity index is 2.11. The zero-order valence-electron chi connectivity index (χ0n) is 14.4. The molecule has 0 fully saturated rings. The number of carboxylic acids is 1. The Bertz CT molecular complexity index is 728. The fourth-order valence-corrected chi connectivity index (χ4v) is 2.47. The van der Waals surface area contributed by atoms with Gasteiger partial charge >= 0.3 is 5.97 Å². The van der Waals surface area contributed by atoms with Gasteiger partial charge in [-0.2, -0.15) is 0 Å². The Morgan fingerprint density at radius 2 is 1.88 bits per heavy atom. The number of hydrogen-bond donors (Lipinski definition) is 2. The highest BCUT2D eigenvalue weighted by Crippen LogP contribution is 2.21. The number of anilines is 2. The van der Waals surface area contributed by atoms with Crippen molar-refractivity contribution >= 4 is 23.3 Å². The van der Waals surface area contributed by atoms with E-state index in [0.29, 0.717) is 12.2 Å². The van der Waals surface area contributed by atoms with Gasteiger partial charge in [-0.15, -0.1) is 0 Å². The molecule has 0 atom stereocenters. The first kappa shape index (κ1) is 18.5. The zero-order chi connectivity index (χ0) is 18.2. The van der Waals surface area contributed by atoms with Gasteiger partial charge in [-0.05, 0) is 42.8 Å². The number of aromatic carboxylic acids is 1. The average Bonchev–Trinajstić information content (AvgIpc) is 2.60. The smallest absolute Gasteiger partial charge is 0.335 e. The van der Waals surface area contributed by atoms with Gasteiger partial charge < -0.3 is 20.1 Å². The van der Waals surface area contributed by atoms with E-state index in [-0.39, 0.29) is 18.1 Å². The molecule has 2 aromatic rings. The van der Waals surface area contributed by atoms with Crippen LogP contribution in [-0.4, -0.2) is 37.2 Å². The second-order valence-electron chi connectivity index (χ2n) is 5.55. The third-order valence-electron chi connectivity index (χ3n) is 3.73. The summed E-state index contributed by atoms with van der Waals surface area (Å²) in [6.45, 7) is 3.47. The van der Waals surface area contributed by atoms with Crippen LogP contribution in [0.5, 0.6) is 0 Å². The third-order valence-corrected chi connectivity index (χ3v) is 3.73. The number of nitrogens with one attached hydrogen (secondary N) is 1. The molecule has 2 rings (SSSR count). The molecule has 2 N–H and O–H groups in total. The second kappa shape index (κ2) is 8.84. The van der Waals surface area contributed by atoms with E-state index in [0.717, 1.165) is 17.8 Å². The third kappa shape index (κ3) is 5.32. The fraction of sp³-hybridized carbons (Fsp3) is 0.263. The molecule has 0 spiro atoms. The van der Waals surface area contributed by atoms with Crippen molar-refractivity contribution in [2.24, 2.45) is 0 Å². The molecule has 0 radical (unpaired) electrons. The molecule has 0 bridgehead atoms. The first-order valence-corrected chi connectivity index (χ1v) is 7.99. The molecule has 0 aromatic heterocycles. The number of nitrogens with zero attached hydrogens (tertiary/aromatic N) is 1. The molecule has 0 saturated heterocycles. The lowest BCUT2D eigenvalue weighted by atomic mass is 10.1. The fourth-order valence-electron chi connectivity index (χ4n) is 2.47. The first-order chi connectivity index (χ1) is 12.0. The number of hydrogen-bond acceptors (Lipinski definition) is 4. The van der Waals surface area contributed by atoms with Crippen LogP contribution in [0, 0.1) is 0 Å². The van der Waals surface area contributed by atoms with Gasteiger partial charge in [-0.25, -0.2) is 4.79 Å². The molecule has 1 amide bonds. The maximum Gasteiger partial charge on any atom is 0.335 e. The minimum Gasteiger partial charge on any atom is -0.478 e. The second-order valence-corrected chi connectivity index (χ2v) is 5.55. The summed E-state index contributed by atoms with van der Waals surface area (Å²) < 4.78 is 4.82. The summed E-state index contributed by atoms with van der Waals surface area (Å²) in [6.07, 6.45) is 0.